The van der Waals surface area contributed by atoms with Crippen molar-refractivity contribution in [2.45, 2.75) is 64.8 Å². The Balaban J connectivity index is 0.00000423. The van der Waals surface area contributed by atoms with Crippen molar-refractivity contribution in [3.05, 3.63) is 100 Å². The van der Waals surface area contributed by atoms with Crippen molar-refractivity contribution in [1.82, 2.24) is 18.9 Å². The fourth-order valence-corrected chi connectivity index (χ4v) is 5.93. The molecule has 4 aromatic rings. The summed E-state index contributed by atoms with van der Waals surface area (Å²) < 4.78 is 22.9. The average molecular weight is 609 g/mol. The lowest BCUT2D eigenvalue weighted by molar-refractivity contribution is -0.134. The summed E-state index contributed by atoms with van der Waals surface area (Å²) in [6, 6.07) is 22.2. The van der Waals surface area contributed by atoms with Gasteiger partial charge in [-0.05, 0) is 87.2 Å². The van der Waals surface area contributed by atoms with Crippen LogP contribution in [0.3, 0.4) is 0 Å². The zero-order valence-corrected chi connectivity index (χ0v) is 26.1. The number of hydrogen-bond donors (Lipinski definition) is 0. The predicted octanol–water partition coefficient (Wildman–Crippen LogP) is 5.81. The van der Waals surface area contributed by atoms with Crippen molar-refractivity contribution >= 4 is 29.3 Å². The molecule has 1 amide bonds. The molecule has 7 nitrogen and oxygen atoms in total. The lowest BCUT2D eigenvalue weighted by Crippen LogP contribution is -2.47. The minimum Gasteiger partial charge on any atom is -0.491 e. The number of ether oxygens (including phenoxy) is 1. The highest BCUT2D eigenvalue weighted by Gasteiger charge is 2.28. The van der Waals surface area contributed by atoms with E-state index in [0.717, 1.165) is 66.8 Å². The van der Waals surface area contributed by atoms with Gasteiger partial charge in [0, 0.05) is 39.3 Å². The van der Waals surface area contributed by atoms with Gasteiger partial charge in [0.1, 0.15) is 11.6 Å². The summed E-state index contributed by atoms with van der Waals surface area (Å²) in [6.45, 7) is 7.80. The largest absolute Gasteiger partial charge is 0.491 e. The molecule has 0 bridgehead atoms. The van der Waals surface area contributed by atoms with Gasteiger partial charge in [-0.15, -0.1) is 12.4 Å². The van der Waals surface area contributed by atoms with Crippen LogP contribution in [0.15, 0.2) is 77.6 Å². The van der Waals surface area contributed by atoms with Crippen molar-refractivity contribution in [2.75, 3.05) is 19.6 Å². The number of fused-ring (bicyclic) bond motifs is 1. The molecule has 0 radical (unpaired) electrons. The number of piperidine rings is 1. The lowest BCUT2D eigenvalue weighted by atomic mass is 10.0. The van der Waals surface area contributed by atoms with E-state index in [9.17, 15) is 14.0 Å². The number of halogens is 2. The third-order valence-electron chi connectivity index (χ3n) is 8.14. The lowest BCUT2D eigenvalue weighted by Gasteiger charge is -2.39. The molecule has 9 heteroatoms. The molecule has 1 saturated heterocycles. The first-order valence-corrected chi connectivity index (χ1v) is 14.9. The van der Waals surface area contributed by atoms with Gasteiger partial charge in [0.05, 0.1) is 23.6 Å². The van der Waals surface area contributed by atoms with Gasteiger partial charge in [-0.3, -0.25) is 13.9 Å². The molecular weight excluding hydrogens is 567 g/mol. The predicted molar refractivity (Wildman–Crippen MR) is 171 cm³/mol. The summed E-state index contributed by atoms with van der Waals surface area (Å²) in [5.41, 5.74) is 3.82. The first-order valence-electron chi connectivity index (χ1n) is 14.9. The number of hydrogen-bond acceptors (Lipinski definition) is 4. The molecule has 1 aliphatic rings. The smallest absolute Gasteiger partial charge is 0.328 e. The SMILES string of the molecule is CC(C)Oc1ccc(CC(=O)N(Cc2ccc(F)cc2)C2CCN(CCCn3c(=O)n(C)c4ccccc43)CC2)cc1.Cl. The second-order valence-electron chi connectivity index (χ2n) is 11.5. The molecule has 230 valence electrons. The topological polar surface area (TPSA) is 59.7 Å². The minimum atomic E-state index is -0.278. The van der Waals surface area contributed by atoms with E-state index in [2.05, 4.69) is 4.90 Å². The summed E-state index contributed by atoms with van der Waals surface area (Å²) >= 11 is 0. The molecule has 1 aromatic heterocycles. The maximum absolute atomic E-state index is 13.7. The molecule has 1 fully saturated rings. The van der Waals surface area contributed by atoms with E-state index < -0.39 is 0 Å². The highest BCUT2D eigenvalue weighted by Crippen LogP contribution is 2.22. The Morgan fingerprint density at radius 2 is 1.56 bits per heavy atom. The van der Waals surface area contributed by atoms with Crippen LogP contribution >= 0.6 is 12.4 Å². The van der Waals surface area contributed by atoms with Crippen LogP contribution in [0.2, 0.25) is 0 Å². The van der Waals surface area contributed by atoms with Crippen LogP contribution in [-0.2, 0) is 31.4 Å². The quantitative estimate of drug-likeness (QED) is 0.216. The van der Waals surface area contributed by atoms with Gasteiger partial charge in [0.2, 0.25) is 5.91 Å². The summed E-state index contributed by atoms with van der Waals surface area (Å²) in [5.74, 6) is 0.590. The van der Waals surface area contributed by atoms with E-state index in [1.807, 2.05) is 78.9 Å². The summed E-state index contributed by atoms with van der Waals surface area (Å²) in [4.78, 5) is 30.8. The van der Waals surface area contributed by atoms with Crippen LogP contribution in [0.5, 0.6) is 5.75 Å². The van der Waals surface area contributed by atoms with E-state index in [0.29, 0.717) is 19.5 Å². The Morgan fingerprint density at radius 1 is 0.930 bits per heavy atom. The van der Waals surface area contributed by atoms with Gasteiger partial charge < -0.3 is 14.5 Å². The molecule has 5 rings (SSSR count). The number of carbonyl (C=O) groups excluding carboxylic acids is 1. The number of nitrogens with zero attached hydrogens (tertiary/aromatic N) is 4. The van der Waals surface area contributed by atoms with Crippen molar-refractivity contribution in [2.24, 2.45) is 7.05 Å². The zero-order valence-electron chi connectivity index (χ0n) is 25.2. The first kappa shape index (κ1) is 32.3. The number of para-hydroxylation sites is 2. The van der Waals surface area contributed by atoms with Crippen molar-refractivity contribution < 1.29 is 13.9 Å². The number of benzene rings is 3. The van der Waals surface area contributed by atoms with Gasteiger partial charge in [-0.2, -0.15) is 0 Å². The van der Waals surface area contributed by atoms with Crippen molar-refractivity contribution in [1.29, 1.82) is 0 Å². The Kier molecular flexibility index (Phi) is 11.0. The van der Waals surface area contributed by atoms with Gasteiger partial charge in [0.15, 0.2) is 0 Å². The number of rotatable bonds is 11. The van der Waals surface area contributed by atoms with Crippen LogP contribution in [0.25, 0.3) is 11.0 Å². The Hall–Kier alpha value is -3.62. The van der Waals surface area contributed by atoms with Crippen molar-refractivity contribution in [3.8, 4) is 5.75 Å². The van der Waals surface area contributed by atoms with Crippen LogP contribution in [-0.4, -0.2) is 56.6 Å². The third kappa shape index (κ3) is 8.06. The molecule has 2 heterocycles. The number of carbonyl (C=O) groups is 1. The second-order valence-corrected chi connectivity index (χ2v) is 11.5. The number of likely N-dealkylation sites (tertiary alicyclic amines) is 1. The summed E-state index contributed by atoms with van der Waals surface area (Å²) in [6.07, 6.45) is 3.04. The second kappa shape index (κ2) is 14.7. The van der Waals surface area contributed by atoms with E-state index >= 15 is 0 Å². The van der Waals surface area contributed by atoms with Gasteiger partial charge >= 0.3 is 5.69 Å². The van der Waals surface area contributed by atoms with Crippen LogP contribution in [0.1, 0.15) is 44.2 Å². The summed E-state index contributed by atoms with van der Waals surface area (Å²) in [5, 5.41) is 0. The Morgan fingerprint density at radius 3 is 2.21 bits per heavy atom. The zero-order chi connectivity index (χ0) is 29.6. The maximum Gasteiger partial charge on any atom is 0.328 e. The number of aryl methyl sites for hydroxylation is 2. The van der Waals surface area contributed by atoms with Gasteiger partial charge in [-0.25, -0.2) is 9.18 Å². The number of imidazole rings is 1. The molecule has 0 saturated carbocycles. The Labute approximate surface area is 259 Å². The van der Waals surface area contributed by atoms with Crippen LogP contribution in [0, 0.1) is 5.82 Å². The van der Waals surface area contributed by atoms with Crippen molar-refractivity contribution in [3.63, 3.8) is 0 Å². The Bertz CT molecular complexity index is 1540. The molecule has 1 aliphatic heterocycles. The normalized spacial score (nSPS) is 14.2. The molecular formula is C34H42ClFN4O3. The minimum absolute atomic E-state index is 0. The third-order valence-corrected chi connectivity index (χ3v) is 8.14. The van der Waals surface area contributed by atoms with E-state index in [1.54, 1.807) is 16.7 Å². The average Bonchev–Trinajstić information content (AvgIpc) is 3.23. The van der Waals surface area contributed by atoms with Gasteiger partial charge in [0.25, 0.3) is 0 Å². The van der Waals surface area contributed by atoms with E-state index in [-0.39, 0.29) is 42.0 Å². The van der Waals surface area contributed by atoms with E-state index in [4.69, 9.17) is 4.74 Å². The van der Waals surface area contributed by atoms with Gasteiger partial charge in [-0.1, -0.05) is 36.4 Å². The number of aromatic nitrogens is 2. The molecule has 0 unspecified atom stereocenters. The molecule has 0 atom stereocenters. The monoisotopic (exact) mass is 608 g/mol. The molecule has 0 aliphatic carbocycles. The molecule has 0 spiro atoms. The molecule has 3 aromatic carbocycles. The maximum atomic E-state index is 13.7. The molecule has 43 heavy (non-hydrogen) atoms. The first-order chi connectivity index (χ1) is 20.3. The van der Waals surface area contributed by atoms with Crippen LogP contribution < -0.4 is 10.4 Å². The van der Waals surface area contributed by atoms with E-state index in [1.165, 1.54) is 12.1 Å². The standard InChI is InChI=1S/C34H41FN4O3.ClH/c1-25(2)42-30-15-11-26(12-16-30)23-33(40)39(24-27-9-13-28(35)14-10-27)29-17-21-37(22-18-29)19-6-20-38-32-8-5-4-7-31(32)36(3)34(38)41;/h4-5,7-16,25,29H,6,17-24H2,1-3H3;1H. The highest BCUT2D eigenvalue weighted by molar-refractivity contribution is 5.85. The highest BCUT2D eigenvalue weighted by atomic mass is 35.5. The molecule has 0 N–H and O–H groups in total. The fourth-order valence-electron chi connectivity index (χ4n) is 5.93. The number of amides is 1. The summed E-state index contributed by atoms with van der Waals surface area (Å²) in [7, 11) is 1.82. The fraction of sp³-hybridized carbons (Fsp3) is 0.412. The van der Waals surface area contributed by atoms with Crippen LogP contribution in [0.4, 0.5) is 4.39 Å².